The molecule has 0 radical (unpaired) electrons. The number of nitrogens with one attached hydrogen (secondary N) is 1. The largest absolute Gasteiger partial charge is 0.424 e. The number of aromatic nitrogens is 2. The molecule has 0 bridgehead atoms. The molecule has 0 aliphatic heterocycles. The number of carbonyl (C=O) groups excluding carboxylic acids is 1. The van der Waals surface area contributed by atoms with Crippen LogP contribution in [-0.2, 0) is 11.3 Å². The van der Waals surface area contributed by atoms with Crippen molar-refractivity contribution >= 4 is 11.6 Å². The van der Waals surface area contributed by atoms with Gasteiger partial charge in [0.25, 0.3) is 0 Å². The van der Waals surface area contributed by atoms with Crippen LogP contribution in [0.3, 0.4) is 0 Å². The Morgan fingerprint density at radius 3 is 2.64 bits per heavy atom. The maximum atomic E-state index is 12.9. The van der Waals surface area contributed by atoms with Crippen LogP contribution in [0.5, 0.6) is 0 Å². The zero-order chi connectivity index (χ0) is 17.8. The van der Waals surface area contributed by atoms with Gasteiger partial charge in [-0.05, 0) is 51.0 Å². The van der Waals surface area contributed by atoms with Gasteiger partial charge in [-0.25, -0.2) is 4.39 Å². The van der Waals surface area contributed by atoms with Gasteiger partial charge >= 0.3 is 0 Å². The summed E-state index contributed by atoms with van der Waals surface area (Å²) in [5.41, 5.74) is 0.570. The number of amides is 1. The fourth-order valence-corrected chi connectivity index (χ4v) is 2.66. The van der Waals surface area contributed by atoms with Crippen LogP contribution in [0.15, 0.2) is 28.7 Å². The van der Waals surface area contributed by atoms with Gasteiger partial charge < -0.3 is 9.73 Å². The van der Waals surface area contributed by atoms with Gasteiger partial charge in [0.2, 0.25) is 17.7 Å². The number of halogens is 1. The molecule has 0 atom stereocenters. The normalized spacial score (nSPS) is 14.8. The zero-order valence-electron chi connectivity index (χ0n) is 14.5. The van der Waals surface area contributed by atoms with Crippen molar-refractivity contribution in [1.29, 1.82) is 0 Å². The monoisotopic (exact) mass is 346 g/mol. The lowest BCUT2D eigenvalue weighted by atomic mass is 9.85. The van der Waals surface area contributed by atoms with E-state index in [4.69, 9.17) is 4.42 Å². The summed E-state index contributed by atoms with van der Waals surface area (Å²) in [7, 11) is 0. The van der Waals surface area contributed by atoms with E-state index >= 15 is 0 Å². The smallest absolute Gasteiger partial charge is 0.238 e. The topological polar surface area (TPSA) is 71.3 Å². The van der Waals surface area contributed by atoms with Crippen LogP contribution >= 0.6 is 0 Å². The van der Waals surface area contributed by atoms with E-state index in [2.05, 4.69) is 15.5 Å². The molecule has 1 aromatic heterocycles. The molecule has 0 unspecified atom stereocenters. The second-order valence-electron chi connectivity index (χ2n) is 6.72. The molecule has 134 valence electrons. The van der Waals surface area contributed by atoms with Gasteiger partial charge in [0.15, 0.2) is 0 Å². The molecule has 1 fully saturated rings. The molecule has 0 saturated heterocycles. The number of hydrogen-bond acceptors (Lipinski definition) is 5. The van der Waals surface area contributed by atoms with Gasteiger partial charge in [-0.3, -0.25) is 9.69 Å². The van der Waals surface area contributed by atoms with Crippen molar-refractivity contribution in [3.05, 3.63) is 41.9 Å². The second kappa shape index (κ2) is 7.74. The molecule has 3 rings (SSSR count). The van der Waals surface area contributed by atoms with Crippen molar-refractivity contribution in [2.45, 2.75) is 51.6 Å². The van der Waals surface area contributed by atoms with Gasteiger partial charge in [-0.2, -0.15) is 0 Å². The van der Waals surface area contributed by atoms with E-state index in [9.17, 15) is 9.18 Å². The Bertz CT molecular complexity index is 710. The number of anilines is 1. The Balaban J connectivity index is 1.57. The number of nitrogens with zero attached hydrogens (tertiary/aromatic N) is 3. The van der Waals surface area contributed by atoms with E-state index in [1.807, 2.05) is 18.7 Å². The van der Waals surface area contributed by atoms with E-state index in [1.165, 1.54) is 30.7 Å². The van der Waals surface area contributed by atoms with E-state index < -0.39 is 0 Å². The molecule has 1 amide bonds. The summed E-state index contributed by atoms with van der Waals surface area (Å²) in [5, 5.41) is 11.0. The Labute approximate surface area is 146 Å². The minimum Gasteiger partial charge on any atom is -0.424 e. The lowest BCUT2D eigenvalue weighted by Gasteiger charge is -2.24. The Kier molecular flexibility index (Phi) is 5.43. The number of benzene rings is 1. The molecule has 1 heterocycles. The van der Waals surface area contributed by atoms with Gasteiger partial charge in [-0.1, -0.05) is 6.42 Å². The third-order valence-electron chi connectivity index (χ3n) is 4.48. The predicted octanol–water partition coefficient (Wildman–Crippen LogP) is 3.33. The number of rotatable bonds is 7. The first-order valence-electron chi connectivity index (χ1n) is 8.63. The highest BCUT2D eigenvalue weighted by molar-refractivity contribution is 5.92. The first-order chi connectivity index (χ1) is 12.0. The zero-order valence-corrected chi connectivity index (χ0v) is 14.5. The lowest BCUT2D eigenvalue weighted by Crippen LogP contribution is -2.37. The summed E-state index contributed by atoms with van der Waals surface area (Å²) in [6.07, 6.45) is 3.43. The van der Waals surface area contributed by atoms with Crippen molar-refractivity contribution in [2.24, 2.45) is 0 Å². The molecule has 0 spiro atoms. The Morgan fingerprint density at radius 1 is 1.32 bits per heavy atom. The van der Waals surface area contributed by atoms with Gasteiger partial charge in [0.05, 0.1) is 13.1 Å². The van der Waals surface area contributed by atoms with Crippen LogP contribution in [0, 0.1) is 5.82 Å². The predicted molar refractivity (Wildman–Crippen MR) is 91.5 cm³/mol. The molecule has 1 aliphatic rings. The van der Waals surface area contributed by atoms with Gasteiger partial charge in [0.1, 0.15) is 5.82 Å². The molecule has 7 heteroatoms. The second-order valence-corrected chi connectivity index (χ2v) is 6.72. The van der Waals surface area contributed by atoms with E-state index in [1.54, 1.807) is 0 Å². The van der Waals surface area contributed by atoms with Crippen molar-refractivity contribution in [3.8, 4) is 0 Å². The quantitative estimate of drug-likeness (QED) is 0.833. The van der Waals surface area contributed by atoms with Gasteiger partial charge in [-0.15, -0.1) is 10.2 Å². The van der Waals surface area contributed by atoms with Gasteiger partial charge in [0, 0.05) is 17.6 Å². The Hall–Kier alpha value is -2.28. The fraction of sp³-hybridized carbons (Fsp3) is 0.500. The maximum Gasteiger partial charge on any atom is 0.238 e. The molecule has 1 N–H and O–H groups in total. The first-order valence-corrected chi connectivity index (χ1v) is 8.63. The van der Waals surface area contributed by atoms with Crippen LogP contribution in [0.25, 0.3) is 0 Å². The molecule has 1 aromatic carbocycles. The standard InChI is InChI=1S/C18H23FN4O2/c1-12(2)23(10-16(24)20-15-8-6-14(19)7-9-15)11-17-21-22-18(25-17)13-4-3-5-13/h6-9,12-13H,3-5,10-11H2,1-2H3,(H,20,24). The van der Waals surface area contributed by atoms with Crippen LogP contribution in [-0.4, -0.2) is 33.6 Å². The number of carbonyl (C=O) groups is 1. The average Bonchev–Trinajstić information content (AvgIpc) is 2.95. The van der Waals surface area contributed by atoms with E-state index in [0.717, 1.165) is 12.8 Å². The molecule has 2 aromatic rings. The highest BCUT2D eigenvalue weighted by Gasteiger charge is 2.26. The Morgan fingerprint density at radius 2 is 2.04 bits per heavy atom. The minimum absolute atomic E-state index is 0.137. The van der Waals surface area contributed by atoms with Crippen LogP contribution in [0.4, 0.5) is 10.1 Å². The third-order valence-corrected chi connectivity index (χ3v) is 4.48. The molecular weight excluding hydrogens is 323 g/mol. The first kappa shape index (κ1) is 17.5. The molecule has 6 nitrogen and oxygen atoms in total. The van der Waals surface area contributed by atoms with Crippen LogP contribution in [0.1, 0.15) is 50.8 Å². The van der Waals surface area contributed by atoms with Crippen molar-refractivity contribution < 1.29 is 13.6 Å². The maximum absolute atomic E-state index is 12.9. The summed E-state index contributed by atoms with van der Waals surface area (Å²) in [5.74, 6) is 1.14. The highest BCUT2D eigenvalue weighted by Crippen LogP contribution is 2.35. The summed E-state index contributed by atoms with van der Waals surface area (Å²) >= 11 is 0. The van der Waals surface area contributed by atoms with Crippen molar-refractivity contribution in [3.63, 3.8) is 0 Å². The summed E-state index contributed by atoms with van der Waals surface area (Å²) < 4.78 is 18.7. The van der Waals surface area contributed by atoms with E-state index in [0.29, 0.717) is 29.9 Å². The molecule has 25 heavy (non-hydrogen) atoms. The van der Waals surface area contributed by atoms with Crippen molar-refractivity contribution in [2.75, 3.05) is 11.9 Å². The van der Waals surface area contributed by atoms with Crippen molar-refractivity contribution in [1.82, 2.24) is 15.1 Å². The average molecular weight is 346 g/mol. The third kappa shape index (κ3) is 4.63. The fourth-order valence-electron chi connectivity index (χ4n) is 2.66. The number of hydrogen-bond donors (Lipinski definition) is 1. The lowest BCUT2D eigenvalue weighted by molar-refractivity contribution is -0.118. The highest BCUT2D eigenvalue weighted by atomic mass is 19.1. The summed E-state index contributed by atoms with van der Waals surface area (Å²) in [6.45, 7) is 4.63. The minimum atomic E-state index is -0.333. The summed E-state index contributed by atoms with van der Waals surface area (Å²) in [4.78, 5) is 14.2. The SMILES string of the molecule is CC(C)N(CC(=O)Nc1ccc(F)cc1)Cc1nnc(C2CCC2)o1. The molecule has 1 aliphatic carbocycles. The molecular formula is C18H23FN4O2. The molecule has 1 saturated carbocycles. The summed E-state index contributed by atoms with van der Waals surface area (Å²) in [6, 6.07) is 5.84. The van der Waals surface area contributed by atoms with Crippen LogP contribution < -0.4 is 5.32 Å². The van der Waals surface area contributed by atoms with E-state index in [-0.39, 0.29) is 24.3 Å². The van der Waals surface area contributed by atoms with Crippen LogP contribution in [0.2, 0.25) is 0 Å².